The van der Waals surface area contributed by atoms with Gasteiger partial charge in [-0.15, -0.1) is 0 Å². The van der Waals surface area contributed by atoms with Gasteiger partial charge in [0.05, 0.1) is 7.11 Å². The van der Waals surface area contributed by atoms with Gasteiger partial charge in [0.15, 0.2) is 0 Å². The monoisotopic (exact) mass is 249 g/mol. The van der Waals surface area contributed by atoms with Crippen LogP contribution in [0.5, 0.6) is 5.75 Å². The van der Waals surface area contributed by atoms with Crippen LogP contribution in [-0.2, 0) is 9.53 Å². The molecule has 1 heterocycles. The number of hydrogen-bond acceptors (Lipinski definition) is 4. The van der Waals surface area contributed by atoms with E-state index < -0.39 is 0 Å². The first-order valence-electron chi connectivity index (χ1n) is 6.14. The fraction of sp³-hybridized carbons (Fsp3) is 0.500. The van der Waals surface area contributed by atoms with E-state index in [1.165, 1.54) is 18.2 Å². The molecule has 1 aromatic rings. The fourth-order valence-corrected chi connectivity index (χ4v) is 2.31. The molecule has 18 heavy (non-hydrogen) atoms. The third kappa shape index (κ3) is 3.01. The van der Waals surface area contributed by atoms with Crippen molar-refractivity contribution < 1.29 is 14.3 Å². The molecule has 0 saturated carbocycles. The number of benzene rings is 1. The summed E-state index contributed by atoms with van der Waals surface area (Å²) < 4.78 is 10.6. The van der Waals surface area contributed by atoms with Gasteiger partial charge in [0.1, 0.15) is 17.9 Å². The molecule has 0 spiro atoms. The third-order valence-electron chi connectivity index (χ3n) is 3.07. The van der Waals surface area contributed by atoms with Crippen molar-refractivity contribution in [2.24, 2.45) is 0 Å². The van der Waals surface area contributed by atoms with Crippen LogP contribution in [0.4, 0.5) is 0 Å². The molecular formula is C14H19NO3. The Bertz CT molecular complexity index is 424. The van der Waals surface area contributed by atoms with E-state index in [2.05, 4.69) is 11.4 Å². The van der Waals surface area contributed by atoms with Gasteiger partial charge in [-0.05, 0) is 37.1 Å². The van der Waals surface area contributed by atoms with Crippen molar-refractivity contribution >= 4 is 5.97 Å². The molecule has 1 aliphatic heterocycles. The molecule has 0 aliphatic carbocycles. The minimum Gasteiger partial charge on any atom is -0.489 e. The van der Waals surface area contributed by atoms with Crippen molar-refractivity contribution in [3.8, 4) is 5.75 Å². The van der Waals surface area contributed by atoms with E-state index in [1.54, 1.807) is 0 Å². The lowest BCUT2D eigenvalue weighted by Crippen LogP contribution is -2.31. The van der Waals surface area contributed by atoms with Crippen molar-refractivity contribution in [1.82, 2.24) is 5.32 Å². The molecule has 0 aromatic heterocycles. The molecular weight excluding hydrogens is 230 g/mol. The van der Waals surface area contributed by atoms with Crippen LogP contribution in [-0.4, -0.2) is 31.8 Å². The smallest absolute Gasteiger partial charge is 0.323 e. The Kier molecular flexibility index (Phi) is 3.87. The summed E-state index contributed by atoms with van der Waals surface area (Å²) in [7, 11) is 1.40. The lowest BCUT2D eigenvalue weighted by Gasteiger charge is -2.14. The minimum atomic E-state index is -0.245. The van der Waals surface area contributed by atoms with E-state index in [0.717, 1.165) is 5.75 Å². The third-order valence-corrected chi connectivity index (χ3v) is 3.07. The SMILES string of the molecule is COC(=O)[C@@H]1C[C@@H](Oc2cc(C)cc(C)c2)CN1. The fourth-order valence-electron chi connectivity index (χ4n) is 2.31. The van der Waals surface area contributed by atoms with Crippen LogP contribution in [0.25, 0.3) is 0 Å². The minimum absolute atomic E-state index is 0.0234. The Morgan fingerprint density at radius 2 is 1.94 bits per heavy atom. The normalized spacial score (nSPS) is 22.8. The topological polar surface area (TPSA) is 47.6 Å². The van der Waals surface area contributed by atoms with Crippen LogP contribution >= 0.6 is 0 Å². The summed E-state index contributed by atoms with van der Waals surface area (Å²) in [4.78, 5) is 11.4. The Labute approximate surface area is 107 Å². The van der Waals surface area contributed by atoms with Crippen molar-refractivity contribution in [3.63, 3.8) is 0 Å². The van der Waals surface area contributed by atoms with Gasteiger partial charge >= 0.3 is 5.97 Å². The van der Waals surface area contributed by atoms with Gasteiger partial charge in [0.2, 0.25) is 0 Å². The maximum Gasteiger partial charge on any atom is 0.323 e. The van der Waals surface area contributed by atoms with E-state index in [-0.39, 0.29) is 18.1 Å². The molecule has 1 N–H and O–H groups in total. The second-order valence-electron chi connectivity index (χ2n) is 4.78. The van der Waals surface area contributed by atoms with Gasteiger partial charge in [-0.2, -0.15) is 0 Å². The highest BCUT2D eigenvalue weighted by Crippen LogP contribution is 2.20. The van der Waals surface area contributed by atoms with Crippen LogP contribution in [0.15, 0.2) is 18.2 Å². The first-order chi connectivity index (χ1) is 8.58. The number of nitrogens with one attached hydrogen (secondary N) is 1. The molecule has 98 valence electrons. The van der Waals surface area contributed by atoms with Crippen molar-refractivity contribution in [2.45, 2.75) is 32.4 Å². The van der Waals surface area contributed by atoms with Gasteiger partial charge in [-0.3, -0.25) is 4.79 Å². The average molecular weight is 249 g/mol. The molecule has 4 heteroatoms. The number of rotatable bonds is 3. The van der Waals surface area contributed by atoms with E-state index >= 15 is 0 Å². The van der Waals surface area contributed by atoms with Crippen molar-refractivity contribution in [2.75, 3.05) is 13.7 Å². The van der Waals surface area contributed by atoms with E-state index in [9.17, 15) is 4.79 Å². The van der Waals surface area contributed by atoms with Gasteiger partial charge < -0.3 is 14.8 Å². The van der Waals surface area contributed by atoms with Gasteiger partial charge in [0, 0.05) is 13.0 Å². The summed E-state index contributed by atoms with van der Waals surface area (Å²) >= 11 is 0. The number of carbonyl (C=O) groups is 1. The molecule has 1 saturated heterocycles. The van der Waals surface area contributed by atoms with Crippen LogP contribution in [0.1, 0.15) is 17.5 Å². The summed E-state index contributed by atoms with van der Waals surface area (Å²) in [6.45, 7) is 4.76. The molecule has 1 aliphatic rings. The van der Waals surface area contributed by atoms with Gasteiger partial charge in [0.25, 0.3) is 0 Å². The molecule has 0 radical (unpaired) electrons. The highest BCUT2D eigenvalue weighted by Gasteiger charge is 2.31. The maximum absolute atomic E-state index is 11.4. The predicted octanol–water partition coefficient (Wildman–Crippen LogP) is 1.59. The zero-order chi connectivity index (χ0) is 13.1. The molecule has 0 bridgehead atoms. The quantitative estimate of drug-likeness (QED) is 0.826. The Morgan fingerprint density at radius 3 is 2.56 bits per heavy atom. The van der Waals surface area contributed by atoms with Crippen LogP contribution in [0.2, 0.25) is 0 Å². The molecule has 0 unspecified atom stereocenters. The molecule has 2 atom stereocenters. The van der Waals surface area contributed by atoms with Crippen molar-refractivity contribution in [1.29, 1.82) is 0 Å². The lowest BCUT2D eigenvalue weighted by molar-refractivity contribution is -0.142. The van der Waals surface area contributed by atoms with Crippen LogP contribution < -0.4 is 10.1 Å². The van der Waals surface area contributed by atoms with Crippen LogP contribution in [0, 0.1) is 13.8 Å². The standard InChI is InChI=1S/C14H19NO3/c1-9-4-10(2)6-11(5-9)18-12-7-13(15-8-12)14(16)17-3/h4-6,12-13,15H,7-8H2,1-3H3/t12-,13+/m1/s1. The number of esters is 1. The molecule has 0 amide bonds. The Balaban J connectivity index is 1.97. The molecule has 1 aromatic carbocycles. The molecule has 2 rings (SSSR count). The number of methoxy groups -OCH3 is 1. The first kappa shape index (κ1) is 12.9. The Morgan fingerprint density at radius 1 is 1.28 bits per heavy atom. The Hall–Kier alpha value is -1.55. The lowest BCUT2D eigenvalue weighted by atomic mass is 10.1. The summed E-state index contributed by atoms with van der Waals surface area (Å²) in [5.74, 6) is 0.645. The number of ether oxygens (including phenoxy) is 2. The van der Waals surface area contributed by atoms with E-state index in [1.807, 2.05) is 26.0 Å². The summed E-state index contributed by atoms with van der Waals surface area (Å²) in [6, 6.07) is 5.89. The van der Waals surface area contributed by atoms with Crippen LogP contribution in [0.3, 0.4) is 0 Å². The zero-order valence-corrected chi connectivity index (χ0v) is 11.0. The van der Waals surface area contributed by atoms with E-state index in [0.29, 0.717) is 13.0 Å². The maximum atomic E-state index is 11.4. The number of carbonyl (C=O) groups excluding carboxylic acids is 1. The number of aryl methyl sites for hydroxylation is 2. The molecule has 1 fully saturated rings. The largest absolute Gasteiger partial charge is 0.489 e. The summed E-state index contributed by atoms with van der Waals surface area (Å²) in [6.07, 6.45) is 0.676. The van der Waals surface area contributed by atoms with Crippen molar-refractivity contribution in [3.05, 3.63) is 29.3 Å². The zero-order valence-electron chi connectivity index (χ0n) is 11.0. The summed E-state index contributed by atoms with van der Waals surface area (Å²) in [5.41, 5.74) is 2.36. The second kappa shape index (κ2) is 5.40. The highest BCUT2D eigenvalue weighted by atomic mass is 16.5. The second-order valence-corrected chi connectivity index (χ2v) is 4.78. The van der Waals surface area contributed by atoms with Gasteiger partial charge in [-0.1, -0.05) is 6.07 Å². The van der Waals surface area contributed by atoms with E-state index in [4.69, 9.17) is 9.47 Å². The van der Waals surface area contributed by atoms with Gasteiger partial charge in [-0.25, -0.2) is 0 Å². The first-order valence-corrected chi connectivity index (χ1v) is 6.14. The predicted molar refractivity (Wildman–Crippen MR) is 68.8 cm³/mol. The summed E-state index contributed by atoms with van der Waals surface area (Å²) in [5, 5.41) is 3.11. The average Bonchev–Trinajstić information content (AvgIpc) is 2.75. The highest BCUT2D eigenvalue weighted by molar-refractivity contribution is 5.76. The number of hydrogen-bond donors (Lipinski definition) is 1. The molecule has 4 nitrogen and oxygen atoms in total.